The summed E-state index contributed by atoms with van der Waals surface area (Å²) >= 11 is 1.25. The molecule has 42 heavy (non-hydrogen) atoms. The van der Waals surface area contributed by atoms with Crippen molar-refractivity contribution in [2.75, 3.05) is 18.5 Å². The van der Waals surface area contributed by atoms with Crippen LogP contribution in [0.1, 0.15) is 67.2 Å². The first kappa shape index (κ1) is 29.6. The largest absolute Gasteiger partial charge is 0.481 e. The Balaban J connectivity index is 1.26. The number of hydrogen-bond donors (Lipinski definition) is 1. The predicted molar refractivity (Wildman–Crippen MR) is 169 cm³/mol. The molecular weight excluding hydrogens is 549 g/mol. The summed E-state index contributed by atoms with van der Waals surface area (Å²) in [6.07, 6.45) is 8.15. The van der Waals surface area contributed by atoms with Gasteiger partial charge in [-0.3, -0.25) is 14.5 Å². The van der Waals surface area contributed by atoms with E-state index in [9.17, 15) is 9.59 Å². The molecule has 1 N–H and O–H groups in total. The second-order valence-corrected chi connectivity index (χ2v) is 11.9. The van der Waals surface area contributed by atoms with Crippen LogP contribution in [0.25, 0.3) is 6.08 Å². The Kier molecular flexibility index (Phi) is 9.42. The summed E-state index contributed by atoms with van der Waals surface area (Å²) in [7, 11) is 1.89. The number of nitrogens with zero attached hydrogens (tertiary/aromatic N) is 3. The molecule has 218 valence electrons. The SMILES string of the molecule is CCN1C(=O)/C(=C/c2ccc(N(C)Cc3ccc(C4CCCCC4)cc3)c(F)c2)SC1=Nc1ccc(CC(=O)O)cc1. The van der Waals surface area contributed by atoms with Crippen molar-refractivity contribution >= 4 is 46.3 Å². The number of carbonyl (C=O) groups excluding carboxylic acids is 1. The number of anilines is 1. The van der Waals surface area contributed by atoms with Crippen LogP contribution in [0.3, 0.4) is 0 Å². The minimum Gasteiger partial charge on any atom is -0.481 e. The molecular formula is C34H36FN3O3S. The number of hydrogen-bond acceptors (Lipinski definition) is 5. The molecule has 3 aromatic carbocycles. The third-order valence-corrected chi connectivity index (χ3v) is 8.88. The van der Waals surface area contributed by atoms with Crippen molar-refractivity contribution < 1.29 is 19.1 Å². The Morgan fingerprint density at radius 3 is 2.38 bits per heavy atom. The van der Waals surface area contributed by atoms with Crippen molar-refractivity contribution in [2.45, 2.75) is 57.9 Å². The lowest BCUT2D eigenvalue weighted by molar-refractivity contribution is -0.136. The van der Waals surface area contributed by atoms with Gasteiger partial charge in [-0.15, -0.1) is 0 Å². The fraction of sp³-hybridized carbons (Fsp3) is 0.324. The first-order valence-electron chi connectivity index (χ1n) is 14.5. The van der Waals surface area contributed by atoms with E-state index in [-0.39, 0.29) is 18.1 Å². The maximum Gasteiger partial charge on any atom is 0.307 e. The molecule has 0 radical (unpaired) electrons. The van der Waals surface area contributed by atoms with Gasteiger partial charge in [-0.25, -0.2) is 9.38 Å². The third kappa shape index (κ3) is 7.10. The van der Waals surface area contributed by atoms with Crippen molar-refractivity contribution in [2.24, 2.45) is 4.99 Å². The van der Waals surface area contributed by atoms with Crippen LogP contribution in [-0.2, 0) is 22.6 Å². The van der Waals surface area contributed by atoms with Crippen LogP contribution in [0.4, 0.5) is 15.8 Å². The molecule has 5 rings (SSSR count). The van der Waals surface area contributed by atoms with Gasteiger partial charge in [-0.2, -0.15) is 0 Å². The lowest BCUT2D eigenvalue weighted by Crippen LogP contribution is -2.28. The molecule has 0 atom stereocenters. The van der Waals surface area contributed by atoms with E-state index in [1.165, 1.54) is 55.5 Å². The smallest absolute Gasteiger partial charge is 0.307 e. The van der Waals surface area contributed by atoms with E-state index in [1.54, 1.807) is 41.3 Å². The van der Waals surface area contributed by atoms with E-state index in [1.807, 2.05) is 24.9 Å². The van der Waals surface area contributed by atoms with Crippen LogP contribution >= 0.6 is 11.8 Å². The molecule has 1 saturated carbocycles. The number of benzene rings is 3. The zero-order chi connectivity index (χ0) is 29.6. The van der Waals surface area contributed by atoms with Gasteiger partial charge in [0.2, 0.25) is 0 Å². The van der Waals surface area contributed by atoms with Crippen molar-refractivity contribution in [1.29, 1.82) is 0 Å². The third-order valence-electron chi connectivity index (χ3n) is 7.88. The summed E-state index contributed by atoms with van der Waals surface area (Å²) in [5.41, 5.74) is 4.96. The number of aliphatic carboxylic acids is 1. The van der Waals surface area contributed by atoms with Crippen molar-refractivity contribution in [3.63, 3.8) is 0 Å². The van der Waals surface area contributed by atoms with E-state index in [4.69, 9.17) is 5.11 Å². The maximum atomic E-state index is 15.3. The molecule has 1 saturated heterocycles. The molecule has 1 amide bonds. The van der Waals surface area contributed by atoms with E-state index in [0.717, 1.165) is 5.56 Å². The number of aliphatic imine (C=N–C) groups is 1. The number of amidine groups is 1. The number of carbonyl (C=O) groups is 2. The number of rotatable bonds is 9. The van der Waals surface area contributed by atoms with Gasteiger partial charge in [-0.1, -0.05) is 61.7 Å². The van der Waals surface area contributed by atoms with Gasteiger partial charge in [0.15, 0.2) is 5.17 Å². The van der Waals surface area contributed by atoms with Gasteiger partial charge in [0.05, 0.1) is 22.7 Å². The number of halogens is 1. The van der Waals surface area contributed by atoms with Crippen molar-refractivity contribution in [3.05, 3.63) is 99.7 Å². The molecule has 0 aromatic heterocycles. The number of thioether (sulfide) groups is 1. The highest BCUT2D eigenvalue weighted by atomic mass is 32.2. The number of carboxylic acids is 1. The topological polar surface area (TPSA) is 73.2 Å². The monoisotopic (exact) mass is 585 g/mol. The van der Waals surface area contributed by atoms with Gasteiger partial charge >= 0.3 is 5.97 Å². The van der Waals surface area contributed by atoms with Gasteiger partial charge in [0.1, 0.15) is 5.82 Å². The first-order chi connectivity index (χ1) is 20.3. The second-order valence-electron chi connectivity index (χ2n) is 10.9. The average molecular weight is 586 g/mol. The molecule has 0 bridgehead atoms. The minimum atomic E-state index is -0.895. The molecule has 6 nitrogen and oxygen atoms in total. The zero-order valence-electron chi connectivity index (χ0n) is 24.1. The van der Waals surface area contributed by atoms with Gasteiger partial charge in [-0.05, 0) is 90.0 Å². The predicted octanol–water partition coefficient (Wildman–Crippen LogP) is 7.76. The first-order valence-corrected chi connectivity index (χ1v) is 15.3. The van der Waals surface area contributed by atoms with Crippen molar-refractivity contribution in [3.8, 4) is 0 Å². The molecule has 1 heterocycles. The molecule has 1 aliphatic carbocycles. The fourth-order valence-electron chi connectivity index (χ4n) is 5.61. The molecule has 0 unspecified atom stereocenters. The summed E-state index contributed by atoms with van der Waals surface area (Å²) in [5.74, 6) is -0.752. The maximum absolute atomic E-state index is 15.3. The number of amides is 1. The summed E-state index contributed by atoms with van der Waals surface area (Å²) in [6, 6.07) is 20.7. The quantitative estimate of drug-likeness (QED) is 0.260. The van der Waals surface area contributed by atoms with Crippen LogP contribution < -0.4 is 4.90 Å². The normalized spacial score (nSPS) is 17.8. The highest BCUT2D eigenvalue weighted by molar-refractivity contribution is 8.18. The van der Waals surface area contributed by atoms with Crippen LogP contribution in [0.2, 0.25) is 0 Å². The Morgan fingerprint density at radius 2 is 1.74 bits per heavy atom. The van der Waals surface area contributed by atoms with E-state index >= 15 is 4.39 Å². The molecule has 2 fully saturated rings. The summed E-state index contributed by atoms with van der Waals surface area (Å²) < 4.78 is 15.3. The van der Waals surface area contributed by atoms with E-state index < -0.39 is 5.97 Å². The molecule has 2 aliphatic rings. The fourth-order valence-corrected chi connectivity index (χ4v) is 6.67. The standard InChI is InChI=1S/C34H36FN3O3S/c1-3-38-33(41)31(42-34(38)36-28-16-11-23(12-17-28)21-32(39)40)20-25-13-18-30(29(35)19-25)37(2)22-24-9-14-27(15-10-24)26-7-5-4-6-8-26/h9-20,26H,3-8,21-22H2,1-2H3,(H,39,40)/b31-20-,36-34?. The van der Waals surface area contributed by atoms with Gasteiger partial charge in [0.25, 0.3) is 5.91 Å². The minimum absolute atomic E-state index is 0.0589. The lowest BCUT2D eigenvalue weighted by atomic mass is 9.84. The van der Waals surface area contributed by atoms with Crippen molar-refractivity contribution in [1.82, 2.24) is 4.90 Å². The number of likely N-dealkylation sites (N-methyl/N-ethyl adjacent to an activating group) is 1. The van der Waals surface area contributed by atoms with Gasteiger partial charge < -0.3 is 10.0 Å². The number of carboxylic acid groups (broad SMARTS) is 1. The second kappa shape index (κ2) is 13.4. The van der Waals surface area contributed by atoms with Gasteiger partial charge in [0, 0.05) is 20.1 Å². The zero-order valence-corrected chi connectivity index (χ0v) is 24.9. The van der Waals surface area contributed by atoms with Crippen LogP contribution in [0.5, 0.6) is 0 Å². The van der Waals surface area contributed by atoms with E-state index in [2.05, 4.69) is 29.3 Å². The Bertz CT molecular complexity index is 1500. The molecule has 3 aromatic rings. The van der Waals surface area contributed by atoms with Crippen LogP contribution in [0.15, 0.2) is 76.6 Å². The Hall–Kier alpha value is -3.91. The average Bonchev–Trinajstić information content (AvgIpc) is 3.27. The van der Waals surface area contributed by atoms with E-state index in [0.29, 0.717) is 51.6 Å². The molecule has 8 heteroatoms. The van der Waals surface area contributed by atoms with Crippen LogP contribution in [0, 0.1) is 5.82 Å². The summed E-state index contributed by atoms with van der Waals surface area (Å²) in [4.78, 5) is 32.6. The van der Waals surface area contributed by atoms with Crippen LogP contribution in [-0.4, -0.2) is 40.6 Å². The lowest BCUT2D eigenvalue weighted by Gasteiger charge is -2.23. The Morgan fingerprint density at radius 1 is 1.05 bits per heavy atom. The highest BCUT2D eigenvalue weighted by Gasteiger charge is 2.32. The molecule has 0 spiro atoms. The highest BCUT2D eigenvalue weighted by Crippen LogP contribution is 2.35. The molecule has 1 aliphatic heterocycles. The summed E-state index contributed by atoms with van der Waals surface area (Å²) in [5, 5.41) is 9.50. The summed E-state index contributed by atoms with van der Waals surface area (Å²) in [6.45, 7) is 2.92. The Labute approximate surface area is 251 Å².